The smallest absolute Gasteiger partial charge is 0.149 e. The average molecular weight is 303 g/mol. The van der Waals surface area contributed by atoms with Crippen molar-refractivity contribution in [2.45, 2.75) is 39.5 Å². The second-order valence-corrected chi connectivity index (χ2v) is 6.09. The second-order valence-electron chi connectivity index (χ2n) is 6.09. The highest BCUT2D eigenvalue weighted by atomic mass is 19.1. The molecule has 2 rings (SSSR count). The predicted octanol–water partition coefficient (Wildman–Crippen LogP) is 3.23. The fourth-order valence-corrected chi connectivity index (χ4v) is 2.75. The Bertz CT molecular complexity index is 669. The van der Waals surface area contributed by atoms with Crippen molar-refractivity contribution in [1.82, 2.24) is 0 Å². The van der Waals surface area contributed by atoms with Gasteiger partial charge in [0.2, 0.25) is 0 Å². The van der Waals surface area contributed by atoms with E-state index in [-0.39, 0.29) is 11.0 Å². The summed E-state index contributed by atoms with van der Waals surface area (Å²) in [6, 6.07) is 3.68. The first-order valence-corrected chi connectivity index (χ1v) is 7.34. The number of carbonyl (C=O) groups excluding carboxylic acids is 1. The Morgan fingerprint density at radius 2 is 2.09 bits per heavy atom. The van der Waals surface area contributed by atoms with E-state index in [1.54, 1.807) is 6.07 Å². The molecule has 118 valence electrons. The topological polar surface area (TPSA) is 49.4 Å². The number of halogens is 1. The number of fused-ring (bicyclic) bond motifs is 1. The molecule has 0 radical (unpaired) electrons. The first-order valence-electron chi connectivity index (χ1n) is 7.34. The molecule has 4 heteroatoms. The van der Waals surface area contributed by atoms with Crippen LogP contribution in [0.1, 0.15) is 50.8 Å². The summed E-state index contributed by atoms with van der Waals surface area (Å²) < 4.78 is 19.4. The zero-order chi connectivity index (χ0) is 16.5. The van der Waals surface area contributed by atoms with Crippen molar-refractivity contribution in [3.05, 3.63) is 40.7 Å². The van der Waals surface area contributed by atoms with E-state index in [0.29, 0.717) is 17.9 Å². The fraction of sp³-hybridized carbons (Fsp3) is 0.389. The summed E-state index contributed by atoms with van der Waals surface area (Å²) in [4.78, 5) is 10.8. The molecule has 0 saturated carbocycles. The van der Waals surface area contributed by atoms with Gasteiger partial charge in [0.05, 0.1) is 6.61 Å². The van der Waals surface area contributed by atoms with Crippen LogP contribution in [0.5, 0.6) is 5.75 Å². The second kappa shape index (κ2) is 5.95. The number of rotatable bonds is 4. The van der Waals surface area contributed by atoms with Crippen LogP contribution in [-0.4, -0.2) is 12.6 Å². The molecule has 0 aromatic heterocycles. The Morgan fingerprint density at radius 1 is 1.41 bits per heavy atom. The molecule has 0 bridgehead atoms. The average Bonchev–Trinajstić information content (AvgIpc) is 2.45. The third-order valence-electron chi connectivity index (χ3n) is 4.02. The summed E-state index contributed by atoms with van der Waals surface area (Å²) in [5.41, 5.74) is 2.50. The maximum absolute atomic E-state index is 13.8. The number of allylic oxidation sites excluding steroid dienone is 2. The lowest BCUT2D eigenvalue weighted by molar-refractivity contribution is -0.301. The van der Waals surface area contributed by atoms with Gasteiger partial charge in [0.25, 0.3) is 0 Å². The van der Waals surface area contributed by atoms with E-state index in [1.165, 1.54) is 6.92 Å². The Morgan fingerprint density at radius 3 is 2.68 bits per heavy atom. The van der Waals surface area contributed by atoms with Gasteiger partial charge in [-0.2, -0.15) is 0 Å². The van der Waals surface area contributed by atoms with Crippen molar-refractivity contribution >= 4 is 17.6 Å². The lowest BCUT2D eigenvalue weighted by Gasteiger charge is -2.30. The van der Waals surface area contributed by atoms with Crippen LogP contribution in [0.3, 0.4) is 0 Å². The van der Waals surface area contributed by atoms with Crippen molar-refractivity contribution < 1.29 is 19.0 Å². The van der Waals surface area contributed by atoms with Crippen LogP contribution < -0.4 is 9.84 Å². The van der Waals surface area contributed by atoms with Gasteiger partial charge in [-0.15, -0.1) is 0 Å². The van der Waals surface area contributed by atoms with Crippen molar-refractivity contribution in [3.63, 3.8) is 0 Å². The fourth-order valence-electron chi connectivity index (χ4n) is 2.75. The third kappa shape index (κ3) is 2.91. The normalized spacial score (nSPS) is 16.8. The number of benzene rings is 1. The molecule has 0 fully saturated rings. The van der Waals surface area contributed by atoms with Crippen molar-refractivity contribution in [1.29, 1.82) is 0 Å². The van der Waals surface area contributed by atoms with E-state index < -0.39 is 11.8 Å². The molecule has 3 nitrogen and oxygen atoms in total. The van der Waals surface area contributed by atoms with Crippen LogP contribution in [0.2, 0.25) is 0 Å². The molecular formula is C18H20FO3-. The predicted molar refractivity (Wildman–Crippen MR) is 83.0 cm³/mol. The van der Waals surface area contributed by atoms with Gasteiger partial charge >= 0.3 is 0 Å². The van der Waals surface area contributed by atoms with Crippen LogP contribution >= 0.6 is 0 Å². The molecule has 1 aliphatic carbocycles. The maximum Gasteiger partial charge on any atom is 0.149 e. The maximum atomic E-state index is 13.8. The molecule has 0 N–H and O–H groups in total. The minimum atomic E-state index is -1.81. The van der Waals surface area contributed by atoms with Gasteiger partial charge in [0, 0.05) is 5.56 Å². The molecular weight excluding hydrogens is 283 g/mol. The highest BCUT2D eigenvalue weighted by molar-refractivity contribution is 5.93. The molecule has 0 spiro atoms. The van der Waals surface area contributed by atoms with Crippen LogP contribution in [0.4, 0.5) is 4.39 Å². The molecule has 0 unspecified atom stereocenters. The summed E-state index contributed by atoms with van der Waals surface area (Å²) in [7, 11) is 0. The highest BCUT2D eigenvalue weighted by Crippen LogP contribution is 2.40. The number of carboxylic acid groups (broad SMARTS) is 1. The molecule has 0 aliphatic heterocycles. The van der Waals surface area contributed by atoms with E-state index >= 15 is 0 Å². The van der Waals surface area contributed by atoms with Gasteiger partial charge < -0.3 is 14.6 Å². The minimum Gasteiger partial charge on any atom is -0.542 e. The monoisotopic (exact) mass is 303 g/mol. The van der Waals surface area contributed by atoms with Crippen LogP contribution in [0.15, 0.2) is 24.0 Å². The standard InChI is InChI=1S/C18H21FO3/c1-5-22-15-10-14-12(7-6-8-18(14,3)4)9-13(15)11(2)16(19)17(20)21/h6-7,9-10H,5,8H2,1-4H3,(H,20,21)/p-1/b16-11+. The molecule has 0 atom stereocenters. The highest BCUT2D eigenvalue weighted by Gasteiger charge is 2.27. The molecule has 0 saturated heterocycles. The van der Waals surface area contributed by atoms with Gasteiger partial charge in [-0.1, -0.05) is 26.0 Å². The lowest BCUT2D eigenvalue weighted by Crippen LogP contribution is -2.23. The van der Waals surface area contributed by atoms with Crippen molar-refractivity contribution in [3.8, 4) is 5.75 Å². The third-order valence-corrected chi connectivity index (χ3v) is 4.02. The van der Waals surface area contributed by atoms with E-state index in [9.17, 15) is 14.3 Å². The van der Waals surface area contributed by atoms with Crippen LogP contribution in [0.25, 0.3) is 11.6 Å². The number of hydrogen-bond donors (Lipinski definition) is 0. The lowest BCUT2D eigenvalue weighted by atomic mass is 9.75. The van der Waals surface area contributed by atoms with E-state index in [2.05, 4.69) is 19.9 Å². The van der Waals surface area contributed by atoms with E-state index in [1.807, 2.05) is 19.1 Å². The Labute approximate surface area is 130 Å². The van der Waals surface area contributed by atoms with Gasteiger partial charge in [-0.25, -0.2) is 4.39 Å². The molecule has 1 aliphatic rings. The number of ether oxygens (including phenoxy) is 1. The summed E-state index contributed by atoms with van der Waals surface area (Å²) in [6.45, 7) is 7.95. The first kappa shape index (κ1) is 16.3. The number of carbonyl (C=O) groups is 1. The van der Waals surface area contributed by atoms with Gasteiger partial charge in [0.15, 0.2) is 0 Å². The zero-order valence-electron chi connectivity index (χ0n) is 13.3. The Balaban J connectivity index is 2.68. The largest absolute Gasteiger partial charge is 0.542 e. The number of carboxylic acids is 1. The Kier molecular flexibility index (Phi) is 4.40. The van der Waals surface area contributed by atoms with Crippen molar-refractivity contribution in [2.24, 2.45) is 0 Å². The van der Waals surface area contributed by atoms with Crippen molar-refractivity contribution in [2.75, 3.05) is 6.61 Å². The summed E-state index contributed by atoms with van der Waals surface area (Å²) in [5.74, 6) is -2.58. The quantitative estimate of drug-likeness (QED) is 0.802. The van der Waals surface area contributed by atoms with Gasteiger partial charge in [0.1, 0.15) is 17.5 Å². The minimum absolute atomic E-state index is 0.0167. The molecule has 1 aromatic carbocycles. The van der Waals surface area contributed by atoms with E-state index in [4.69, 9.17) is 4.74 Å². The van der Waals surface area contributed by atoms with Crippen LogP contribution in [-0.2, 0) is 10.2 Å². The summed E-state index contributed by atoms with van der Waals surface area (Å²) in [6.07, 6.45) is 4.96. The van der Waals surface area contributed by atoms with E-state index in [0.717, 1.165) is 17.5 Å². The Hall–Kier alpha value is -2.10. The molecule has 22 heavy (non-hydrogen) atoms. The molecule has 0 amide bonds. The zero-order valence-corrected chi connectivity index (χ0v) is 13.3. The number of hydrogen-bond acceptors (Lipinski definition) is 3. The van der Waals surface area contributed by atoms with Gasteiger partial charge in [-0.05, 0) is 54.5 Å². The van der Waals surface area contributed by atoms with Gasteiger partial charge in [-0.3, -0.25) is 0 Å². The summed E-state index contributed by atoms with van der Waals surface area (Å²) in [5, 5.41) is 10.8. The SMILES string of the molecule is CCOc1cc2c(cc1/C(C)=C(/F)C(=O)[O-])C=CCC2(C)C. The van der Waals surface area contributed by atoms with Crippen LogP contribution in [0, 0.1) is 0 Å². The molecule has 1 aromatic rings. The first-order chi connectivity index (χ1) is 10.3. The summed E-state index contributed by atoms with van der Waals surface area (Å²) >= 11 is 0. The number of aliphatic carboxylic acids is 1. The molecule has 0 heterocycles.